The summed E-state index contributed by atoms with van der Waals surface area (Å²) < 4.78 is 16.6. The van der Waals surface area contributed by atoms with Crippen molar-refractivity contribution in [3.63, 3.8) is 0 Å². The van der Waals surface area contributed by atoms with Crippen LogP contribution in [0, 0.1) is 17.1 Å². The van der Waals surface area contributed by atoms with Crippen molar-refractivity contribution in [2.24, 2.45) is 7.05 Å². The van der Waals surface area contributed by atoms with Crippen LogP contribution in [0.5, 0.6) is 0 Å². The van der Waals surface area contributed by atoms with Gasteiger partial charge in [-0.2, -0.15) is 9.94 Å². The largest absolute Gasteiger partial charge is 0.510 e. The molecule has 2 aromatic heterocycles. The summed E-state index contributed by atoms with van der Waals surface area (Å²) in [5, 5.41) is 31.9. The van der Waals surface area contributed by atoms with Crippen LogP contribution in [-0.2, 0) is 7.05 Å². The first-order valence-corrected chi connectivity index (χ1v) is 9.48. The Bertz CT molecular complexity index is 1270. The van der Waals surface area contributed by atoms with Gasteiger partial charge in [-0.15, -0.1) is 5.10 Å². The number of aliphatic hydroxyl groups is 1. The summed E-state index contributed by atoms with van der Waals surface area (Å²) in [5.74, 6) is -0.145. The van der Waals surface area contributed by atoms with E-state index in [1.54, 1.807) is 23.7 Å². The molecule has 4 aromatic rings. The summed E-state index contributed by atoms with van der Waals surface area (Å²) in [4.78, 5) is 4.45. The van der Waals surface area contributed by atoms with Crippen LogP contribution in [-0.4, -0.2) is 40.6 Å². The van der Waals surface area contributed by atoms with Crippen LogP contribution in [0.15, 0.2) is 59.4 Å². The molecule has 2 heterocycles. The number of aliphatic hydroxyl groups excluding tert-OH is 1. The molecule has 4 rings (SSSR count). The van der Waals surface area contributed by atoms with E-state index in [2.05, 4.69) is 20.5 Å². The number of allylic oxidation sites excluding steroid dienone is 1. The summed E-state index contributed by atoms with van der Waals surface area (Å²) >= 11 is 1.12. The van der Waals surface area contributed by atoms with Gasteiger partial charge in [0.2, 0.25) is 5.16 Å². The highest BCUT2D eigenvalue weighted by molar-refractivity contribution is 7.99. The zero-order chi connectivity index (χ0) is 20.4. The minimum atomic E-state index is -0.412. The van der Waals surface area contributed by atoms with Gasteiger partial charge in [-0.3, -0.25) is 0 Å². The van der Waals surface area contributed by atoms with E-state index >= 15 is 0 Å². The van der Waals surface area contributed by atoms with E-state index in [1.807, 2.05) is 30.3 Å². The summed E-state index contributed by atoms with van der Waals surface area (Å²) in [7, 11) is 1.78. The van der Waals surface area contributed by atoms with Gasteiger partial charge in [-0.05, 0) is 40.8 Å². The molecule has 0 saturated heterocycles. The second kappa shape index (κ2) is 7.73. The van der Waals surface area contributed by atoms with E-state index < -0.39 is 5.82 Å². The van der Waals surface area contributed by atoms with Gasteiger partial charge in [0.1, 0.15) is 23.2 Å². The minimum Gasteiger partial charge on any atom is -0.510 e. The Morgan fingerprint density at radius 2 is 2.07 bits per heavy atom. The molecule has 0 unspecified atom stereocenters. The molecular formula is C19H14FN7OS. The lowest BCUT2D eigenvalue weighted by molar-refractivity contribution is 0.420. The predicted molar refractivity (Wildman–Crippen MR) is 106 cm³/mol. The molecule has 0 bridgehead atoms. The molecule has 0 aliphatic heterocycles. The van der Waals surface area contributed by atoms with Crippen molar-refractivity contribution in [3.8, 4) is 11.8 Å². The number of hydrogen-bond donors (Lipinski definition) is 1. The Hall–Kier alpha value is -3.71. The number of thioether (sulfide) groups is 1. The first kappa shape index (κ1) is 18.6. The molecule has 8 nitrogen and oxygen atoms in total. The zero-order valence-corrected chi connectivity index (χ0v) is 16.0. The summed E-state index contributed by atoms with van der Waals surface area (Å²) in [6.45, 7) is 0. The lowest BCUT2D eigenvalue weighted by Crippen LogP contribution is -2.03. The molecule has 2 aromatic carbocycles. The Balaban J connectivity index is 1.63. The van der Waals surface area contributed by atoms with E-state index in [1.165, 1.54) is 16.8 Å². The van der Waals surface area contributed by atoms with Gasteiger partial charge < -0.3 is 9.67 Å². The first-order valence-electron chi connectivity index (χ1n) is 8.49. The predicted octanol–water partition coefficient (Wildman–Crippen LogP) is 3.27. The number of imidazole rings is 1. The minimum absolute atomic E-state index is 0.0434. The number of hydrogen-bond acceptors (Lipinski definition) is 7. The molecule has 144 valence electrons. The van der Waals surface area contributed by atoms with Gasteiger partial charge in [0, 0.05) is 7.05 Å². The van der Waals surface area contributed by atoms with E-state index in [0.29, 0.717) is 16.7 Å². The highest BCUT2D eigenvalue weighted by atomic mass is 32.2. The molecule has 0 aliphatic rings. The van der Waals surface area contributed by atoms with Crippen molar-refractivity contribution < 1.29 is 9.50 Å². The topological polar surface area (TPSA) is 105 Å². The number of halogens is 1. The molecule has 0 atom stereocenters. The number of aromatic nitrogens is 6. The standard InChI is InChI=1S/C19H14FN7OS/c1-26-16-8-3-2-7-15(16)22-18(26)14(10-21)17(28)11-29-19-23-24-25-27(19)13-6-4-5-12(20)9-13/h2-9,28H,11H2,1H3/b17-14-. The quantitative estimate of drug-likeness (QED) is 0.307. The first-order chi connectivity index (χ1) is 14.1. The molecule has 0 radical (unpaired) electrons. The Morgan fingerprint density at radius 3 is 2.83 bits per heavy atom. The van der Waals surface area contributed by atoms with Gasteiger partial charge in [0.05, 0.1) is 22.5 Å². The number of para-hydroxylation sites is 2. The van der Waals surface area contributed by atoms with Crippen molar-refractivity contribution in [3.05, 3.63) is 65.9 Å². The molecule has 1 N–H and O–H groups in total. The van der Waals surface area contributed by atoms with Crippen LogP contribution in [0.4, 0.5) is 4.39 Å². The van der Waals surface area contributed by atoms with Crippen molar-refractivity contribution in [2.75, 3.05) is 5.75 Å². The number of nitriles is 1. The fraction of sp³-hybridized carbons (Fsp3) is 0.105. The van der Waals surface area contributed by atoms with E-state index in [9.17, 15) is 14.8 Å². The summed E-state index contributed by atoms with van der Waals surface area (Å²) in [6.07, 6.45) is 0. The van der Waals surface area contributed by atoms with Gasteiger partial charge in [0.25, 0.3) is 0 Å². The Labute approximate surface area is 168 Å². The lowest BCUT2D eigenvalue weighted by atomic mass is 10.2. The van der Waals surface area contributed by atoms with Crippen molar-refractivity contribution in [1.82, 2.24) is 29.8 Å². The SMILES string of the molecule is Cn1c(/C(C#N)=C(\O)CSc2nnnn2-c2cccc(F)c2)nc2ccccc21. The number of tetrazole rings is 1. The molecule has 29 heavy (non-hydrogen) atoms. The van der Waals surface area contributed by atoms with Crippen molar-refractivity contribution in [1.29, 1.82) is 5.26 Å². The fourth-order valence-electron chi connectivity index (χ4n) is 2.86. The van der Waals surface area contributed by atoms with E-state index in [-0.39, 0.29) is 17.1 Å². The molecule has 0 aliphatic carbocycles. The maximum Gasteiger partial charge on any atom is 0.214 e. The zero-order valence-electron chi connectivity index (χ0n) is 15.2. The van der Waals surface area contributed by atoms with Crippen LogP contribution >= 0.6 is 11.8 Å². The number of aryl methyl sites for hydroxylation is 1. The smallest absolute Gasteiger partial charge is 0.214 e. The highest BCUT2D eigenvalue weighted by Gasteiger charge is 2.18. The third kappa shape index (κ3) is 3.55. The van der Waals surface area contributed by atoms with Gasteiger partial charge in [0.15, 0.2) is 5.82 Å². The van der Waals surface area contributed by atoms with Gasteiger partial charge >= 0.3 is 0 Å². The van der Waals surface area contributed by atoms with Crippen molar-refractivity contribution >= 4 is 28.4 Å². The number of nitrogens with zero attached hydrogens (tertiary/aromatic N) is 7. The molecule has 0 saturated carbocycles. The van der Waals surface area contributed by atoms with Crippen LogP contribution in [0.3, 0.4) is 0 Å². The maximum atomic E-state index is 13.5. The number of benzene rings is 2. The molecule has 0 fully saturated rings. The van der Waals surface area contributed by atoms with Gasteiger partial charge in [-0.25, -0.2) is 9.37 Å². The van der Waals surface area contributed by atoms with Crippen molar-refractivity contribution in [2.45, 2.75) is 5.16 Å². The van der Waals surface area contributed by atoms with Crippen LogP contribution in [0.1, 0.15) is 5.82 Å². The lowest BCUT2D eigenvalue weighted by Gasteiger charge is -2.06. The van der Waals surface area contributed by atoms with E-state index in [0.717, 1.165) is 22.8 Å². The van der Waals surface area contributed by atoms with Crippen LogP contribution in [0.2, 0.25) is 0 Å². The maximum absolute atomic E-state index is 13.5. The van der Waals surface area contributed by atoms with E-state index in [4.69, 9.17) is 0 Å². The molecule has 0 spiro atoms. The molecule has 10 heteroatoms. The third-order valence-electron chi connectivity index (χ3n) is 4.24. The second-order valence-corrected chi connectivity index (χ2v) is 7.00. The van der Waals surface area contributed by atoms with Crippen LogP contribution < -0.4 is 0 Å². The monoisotopic (exact) mass is 407 g/mol. The molecule has 0 amide bonds. The second-order valence-electron chi connectivity index (χ2n) is 6.06. The average Bonchev–Trinajstić information content (AvgIpc) is 3.32. The molecular weight excluding hydrogens is 393 g/mol. The Kier molecular flexibility index (Phi) is 4.97. The summed E-state index contributed by atoms with van der Waals surface area (Å²) in [6, 6.07) is 15.3. The van der Waals surface area contributed by atoms with Gasteiger partial charge in [-0.1, -0.05) is 30.0 Å². The normalized spacial score (nSPS) is 12.0. The highest BCUT2D eigenvalue weighted by Crippen LogP contribution is 2.26. The fourth-order valence-corrected chi connectivity index (χ4v) is 3.63. The third-order valence-corrected chi connectivity index (χ3v) is 5.17. The summed E-state index contributed by atoms with van der Waals surface area (Å²) in [5.41, 5.74) is 2.11. The number of rotatable bonds is 5. The average molecular weight is 407 g/mol. The Morgan fingerprint density at radius 1 is 1.24 bits per heavy atom. The number of fused-ring (bicyclic) bond motifs is 1. The van der Waals surface area contributed by atoms with Crippen LogP contribution in [0.25, 0.3) is 22.3 Å².